The van der Waals surface area contributed by atoms with Crippen LogP contribution in [0, 0.1) is 19.8 Å². The first-order chi connectivity index (χ1) is 7.40. The summed E-state index contributed by atoms with van der Waals surface area (Å²) in [6.07, 6.45) is 0.649. The normalized spacial score (nSPS) is 28.6. The maximum absolute atomic E-state index is 10.7. The second kappa shape index (κ2) is 3.59. The molecular formula is C13H16O3. The summed E-state index contributed by atoms with van der Waals surface area (Å²) in [5, 5.41) is 19.1. The van der Waals surface area contributed by atoms with Gasteiger partial charge in [-0.1, -0.05) is 29.3 Å². The van der Waals surface area contributed by atoms with E-state index >= 15 is 0 Å². The lowest BCUT2D eigenvalue weighted by Crippen LogP contribution is -2.44. The Bertz CT molecular complexity index is 411. The lowest BCUT2D eigenvalue weighted by Gasteiger charge is -2.42. The fraction of sp³-hybridized carbons (Fsp3) is 0.462. The number of aliphatic hydroxyl groups is 1. The van der Waals surface area contributed by atoms with Crippen LogP contribution in [-0.2, 0) is 10.4 Å². The van der Waals surface area contributed by atoms with Crippen LogP contribution in [0.2, 0.25) is 0 Å². The van der Waals surface area contributed by atoms with Crippen LogP contribution in [-0.4, -0.2) is 16.2 Å². The Morgan fingerprint density at radius 1 is 1.25 bits per heavy atom. The number of carboxylic acid groups (broad SMARTS) is 1. The summed E-state index contributed by atoms with van der Waals surface area (Å²) in [5.41, 5.74) is 2.12. The van der Waals surface area contributed by atoms with Crippen LogP contribution < -0.4 is 0 Å². The van der Waals surface area contributed by atoms with Gasteiger partial charge in [0.05, 0.1) is 11.5 Å². The van der Waals surface area contributed by atoms with E-state index in [-0.39, 0.29) is 0 Å². The van der Waals surface area contributed by atoms with Gasteiger partial charge in [-0.25, -0.2) is 0 Å². The summed E-state index contributed by atoms with van der Waals surface area (Å²) >= 11 is 0. The molecule has 0 amide bonds. The van der Waals surface area contributed by atoms with Crippen molar-refractivity contribution in [2.45, 2.75) is 32.3 Å². The van der Waals surface area contributed by atoms with E-state index in [0.717, 1.165) is 16.7 Å². The van der Waals surface area contributed by atoms with Crippen molar-refractivity contribution in [2.75, 3.05) is 0 Å². The molecule has 1 aliphatic carbocycles. The van der Waals surface area contributed by atoms with E-state index in [4.69, 9.17) is 5.11 Å². The largest absolute Gasteiger partial charge is 0.481 e. The van der Waals surface area contributed by atoms with Gasteiger partial charge in [-0.3, -0.25) is 4.79 Å². The fourth-order valence-electron chi connectivity index (χ4n) is 2.41. The molecule has 0 aromatic heterocycles. The van der Waals surface area contributed by atoms with Gasteiger partial charge in [0.25, 0.3) is 0 Å². The monoisotopic (exact) mass is 220 g/mol. The molecule has 0 radical (unpaired) electrons. The molecule has 0 atom stereocenters. The third-order valence-electron chi connectivity index (χ3n) is 3.28. The van der Waals surface area contributed by atoms with E-state index < -0.39 is 17.5 Å². The highest BCUT2D eigenvalue weighted by atomic mass is 16.4. The molecule has 86 valence electrons. The van der Waals surface area contributed by atoms with Crippen molar-refractivity contribution in [3.63, 3.8) is 0 Å². The zero-order valence-electron chi connectivity index (χ0n) is 9.53. The zero-order valence-corrected chi connectivity index (χ0v) is 9.53. The minimum absolute atomic E-state index is 0.325. The summed E-state index contributed by atoms with van der Waals surface area (Å²) < 4.78 is 0. The topological polar surface area (TPSA) is 57.5 Å². The van der Waals surface area contributed by atoms with Crippen molar-refractivity contribution in [1.82, 2.24) is 0 Å². The van der Waals surface area contributed by atoms with E-state index in [1.807, 2.05) is 32.0 Å². The third kappa shape index (κ3) is 1.83. The Labute approximate surface area is 94.7 Å². The van der Waals surface area contributed by atoms with Crippen LogP contribution in [0.15, 0.2) is 18.2 Å². The number of aliphatic carboxylic acids is 1. The van der Waals surface area contributed by atoms with E-state index in [0.29, 0.717) is 12.8 Å². The molecule has 1 fully saturated rings. The van der Waals surface area contributed by atoms with Gasteiger partial charge >= 0.3 is 5.97 Å². The second-order valence-electron chi connectivity index (χ2n) is 4.85. The van der Waals surface area contributed by atoms with E-state index in [2.05, 4.69) is 0 Å². The van der Waals surface area contributed by atoms with Crippen LogP contribution in [0.1, 0.15) is 29.5 Å². The van der Waals surface area contributed by atoms with Crippen molar-refractivity contribution in [3.8, 4) is 0 Å². The lowest BCUT2D eigenvalue weighted by molar-refractivity contribution is -0.159. The number of benzene rings is 1. The van der Waals surface area contributed by atoms with Gasteiger partial charge in [0.15, 0.2) is 0 Å². The molecule has 1 saturated carbocycles. The lowest BCUT2D eigenvalue weighted by atomic mass is 9.67. The second-order valence-corrected chi connectivity index (χ2v) is 4.85. The van der Waals surface area contributed by atoms with Crippen LogP contribution in [0.4, 0.5) is 0 Å². The van der Waals surface area contributed by atoms with Gasteiger partial charge in [-0.2, -0.15) is 0 Å². The van der Waals surface area contributed by atoms with Gasteiger partial charge in [-0.15, -0.1) is 0 Å². The van der Waals surface area contributed by atoms with Gasteiger partial charge in [0, 0.05) is 0 Å². The number of aryl methyl sites for hydroxylation is 2. The molecule has 3 nitrogen and oxygen atoms in total. The number of hydrogen-bond donors (Lipinski definition) is 2. The summed E-state index contributed by atoms with van der Waals surface area (Å²) in [6, 6.07) is 5.91. The minimum atomic E-state index is -0.931. The quantitative estimate of drug-likeness (QED) is 0.801. The van der Waals surface area contributed by atoms with Crippen LogP contribution in [0.3, 0.4) is 0 Å². The molecule has 16 heavy (non-hydrogen) atoms. The molecule has 1 aliphatic rings. The molecule has 1 aromatic carbocycles. The Morgan fingerprint density at radius 3 is 2.19 bits per heavy atom. The highest BCUT2D eigenvalue weighted by molar-refractivity contribution is 5.72. The Kier molecular flexibility index (Phi) is 2.50. The average Bonchev–Trinajstić information content (AvgIpc) is 2.10. The molecule has 1 aromatic rings. The van der Waals surface area contributed by atoms with Gasteiger partial charge in [0.1, 0.15) is 0 Å². The van der Waals surface area contributed by atoms with Gasteiger partial charge in [0.2, 0.25) is 0 Å². The fourth-order valence-corrected chi connectivity index (χ4v) is 2.41. The van der Waals surface area contributed by atoms with Crippen molar-refractivity contribution in [2.24, 2.45) is 5.92 Å². The number of carbonyl (C=O) groups is 1. The molecule has 0 unspecified atom stereocenters. The van der Waals surface area contributed by atoms with E-state index in [9.17, 15) is 9.90 Å². The molecule has 0 spiro atoms. The predicted molar refractivity (Wildman–Crippen MR) is 60.2 cm³/mol. The number of hydrogen-bond acceptors (Lipinski definition) is 2. The van der Waals surface area contributed by atoms with Gasteiger partial charge in [-0.05, 0) is 32.3 Å². The first-order valence-corrected chi connectivity index (χ1v) is 5.45. The average molecular weight is 220 g/mol. The molecule has 0 aliphatic heterocycles. The van der Waals surface area contributed by atoms with E-state index in [1.54, 1.807) is 0 Å². The standard InChI is InChI=1S/C13H16O3/c1-8-3-9(2)5-11(4-8)13(16)6-10(7-13)12(14)15/h3-5,10,16H,6-7H2,1-2H3,(H,14,15). The summed E-state index contributed by atoms with van der Waals surface area (Å²) in [4.78, 5) is 10.7. The Balaban J connectivity index is 2.23. The highest BCUT2D eigenvalue weighted by Gasteiger charge is 2.47. The highest BCUT2D eigenvalue weighted by Crippen LogP contribution is 2.46. The van der Waals surface area contributed by atoms with Crippen molar-refractivity contribution >= 4 is 5.97 Å². The smallest absolute Gasteiger partial charge is 0.306 e. The maximum Gasteiger partial charge on any atom is 0.306 e. The maximum atomic E-state index is 10.7. The molecule has 0 bridgehead atoms. The minimum Gasteiger partial charge on any atom is -0.481 e. The Hall–Kier alpha value is -1.35. The Morgan fingerprint density at radius 2 is 1.75 bits per heavy atom. The molecule has 0 heterocycles. The van der Waals surface area contributed by atoms with Crippen LogP contribution in [0.25, 0.3) is 0 Å². The zero-order chi connectivity index (χ0) is 11.9. The molecule has 0 saturated heterocycles. The van der Waals surface area contributed by atoms with Gasteiger partial charge < -0.3 is 10.2 Å². The number of rotatable bonds is 2. The third-order valence-corrected chi connectivity index (χ3v) is 3.28. The van der Waals surface area contributed by atoms with Crippen molar-refractivity contribution in [3.05, 3.63) is 34.9 Å². The van der Waals surface area contributed by atoms with Crippen molar-refractivity contribution < 1.29 is 15.0 Å². The molecule has 2 N–H and O–H groups in total. The van der Waals surface area contributed by atoms with Crippen molar-refractivity contribution in [1.29, 1.82) is 0 Å². The van der Waals surface area contributed by atoms with Crippen LogP contribution in [0.5, 0.6) is 0 Å². The molecule has 2 rings (SSSR count). The predicted octanol–water partition coefficient (Wildman–Crippen LogP) is 1.99. The summed E-state index contributed by atoms with van der Waals surface area (Å²) in [5.74, 6) is -1.21. The first kappa shape index (κ1) is 11.1. The van der Waals surface area contributed by atoms with Crippen LogP contribution >= 0.6 is 0 Å². The van der Waals surface area contributed by atoms with E-state index in [1.165, 1.54) is 0 Å². The SMILES string of the molecule is Cc1cc(C)cc(C2(O)CC(C(=O)O)C2)c1. The molecule has 3 heteroatoms. The summed E-state index contributed by atoms with van der Waals surface area (Å²) in [7, 11) is 0. The first-order valence-electron chi connectivity index (χ1n) is 5.45. The molecular weight excluding hydrogens is 204 g/mol. The number of carboxylic acids is 1. The summed E-state index contributed by atoms with van der Waals surface area (Å²) in [6.45, 7) is 3.96.